The second kappa shape index (κ2) is 8.42. The smallest absolute Gasteiger partial charge is 0.267 e. The molecule has 2 rings (SSSR count). The average Bonchev–Trinajstić information content (AvgIpc) is 3.05. The van der Waals surface area contributed by atoms with Crippen molar-refractivity contribution in [1.29, 1.82) is 5.26 Å². The zero-order chi connectivity index (χ0) is 16.7. The fourth-order valence-electron chi connectivity index (χ4n) is 2.19. The van der Waals surface area contributed by atoms with Crippen LogP contribution in [0.15, 0.2) is 30.0 Å². The minimum Gasteiger partial charge on any atom is -0.495 e. The number of carbonyl (C=O) groups excluding carboxylic acids is 1. The molecule has 1 aromatic carbocycles. The molecule has 0 saturated carbocycles. The summed E-state index contributed by atoms with van der Waals surface area (Å²) in [6.07, 6.45) is 3.57. The lowest BCUT2D eigenvalue weighted by Gasteiger charge is -2.10. The van der Waals surface area contributed by atoms with E-state index in [1.807, 2.05) is 6.07 Å². The van der Waals surface area contributed by atoms with Gasteiger partial charge in [-0.05, 0) is 31.0 Å². The van der Waals surface area contributed by atoms with Crippen LogP contribution in [0.1, 0.15) is 12.8 Å². The van der Waals surface area contributed by atoms with E-state index in [9.17, 15) is 4.79 Å². The van der Waals surface area contributed by atoms with Gasteiger partial charge < -0.3 is 20.1 Å². The number of nitrogens with zero attached hydrogens (tertiary/aromatic N) is 1. The topological polar surface area (TPSA) is 83.4 Å². The highest BCUT2D eigenvalue weighted by Crippen LogP contribution is 2.27. The van der Waals surface area contributed by atoms with E-state index in [0.717, 1.165) is 19.4 Å². The Morgan fingerprint density at radius 3 is 3.04 bits per heavy atom. The molecule has 0 radical (unpaired) electrons. The number of hydrogen-bond acceptors (Lipinski definition) is 5. The van der Waals surface area contributed by atoms with Crippen LogP contribution in [0, 0.1) is 11.3 Å². The van der Waals surface area contributed by atoms with E-state index in [-0.39, 0.29) is 11.7 Å². The number of carbonyl (C=O) groups is 1. The lowest BCUT2D eigenvalue weighted by atomic mass is 10.2. The molecule has 1 saturated heterocycles. The van der Waals surface area contributed by atoms with Crippen LogP contribution in [0.3, 0.4) is 0 Å². The Hall–Kier alpha value is -2.23. The Kier molecular flexibility index (Phi) is 6.27. The van der Waals surface area contributed by atoms with Crippen molar-refractivity contribution < 1.29 is 14.3 Å². The van der Waals surface area contributed by atoms with Crippen LogP contribution in [-0.4, -0.2) is 32.3 Å². The van der Waals surface area contributed by atoms with Gasteiger partial charge in [-0.2, -0.15) is 5.26 Å². The number of halogens is 1. The second-order valence-corrected chi connectivity index (χ2v) is 5.42. The molecular weight excluding hydrogens is 318 g/mol. The third kappa shape index (κ3) is 4.88. The lowest BCUT2D eigenvalue weighted by molar-refractivity contribution is -0.112. The van der Waals surface area contributed by atoms with E-state index >= 15 is 0 Å². The van der Waals surface area contributed by atoms with Crippen molar-refractivity contribution >= 4 is 23.2 Å². The molecule has 122 valence electrons. The quantitative estimate of drug-likeness (QED) is 0.616. The zero-order valence-corrected chi connectivity index (χ0v) is 13.5. The standard InChI is InChI=1S/C16H18ClN3O3/c1-22-15-5-4-12(7-14(15)17)20-16(21)11(8-18)9-19-10-13-3-2-6-23-13/h4-5,7,9,13,19H,2-3,6,10H2,1H3,(H,20,21)/b11-9-. The van der Waals surface area contributed by atoms with E-state index in [0.29, 0.717) is 23.0 Å². The summed E-state index contributed by atoms with van der Waals surface area (Å²) in [5.74, 6) is 0.00696. The van der Waals surface area contributed by atoms with E-state index in [1.165, 1.54) is 13.3 Å². The van der Waals surface area contributed by atoms with Gasteiger partial charge in [-0.3, -0.25) is 4.79 Å². The minimum absolute atomic E-state index is 0.0186. The summed E-state index contributed by atoms with van der Waals surface area (Å²) >= 11 is 6.00. The fraction of sp³-hybridized carbons (Fsp3) is 0.375. The maximum absolute atomic E-state index is 12.1. The lowest BCUT2D eigenvalue weighted by Crippen LogP contribution is -2.24. The molecule has 2 N–H and O–H groups in total. The molecule has 0 aromatic heterocycles. The van der Waals surface area contributed by atoms with Crippen LogP contribution in [0.5, 0.6) is 5.75 Å². The molecule has 1 aliphatic heterocycles. The van der Waals surface area contributed by atoms with Crippen LogP contribution >= 0.6 is 11.6 Å². The van der Waals surface area contributed by atoms with Gasteiger partial charge in [-0.15, -0.1) is 0 Å². The number of nitrogens with one attached hydrogen (secondary N) is 2. The Bertz CT molecular complexity index is 634. The third-order valence-corrected chi connectivity index (χ3v) is 3.69. The number of benzene rings is 1. The molecule has 1 atom stereocenters. The SMILES string of the molecule is COc1ccc(NC(=O)/C(C#N)=C\NCC2CCCO2)cc1Cl. The summed E-state index contributed by atoms with van der Waals surface area (Å²) in [4.78, 5) is 12.1. The van der Waals surface area contributed by atoms with Gasteiger partial charge in [0.05, 0.1) is 18.2 Å². The Labute approximate surface area is 140 Å². The van der Waals surface area contributed by atoms with Gasteiger partial charge in [-0.25, -0.2) is 0 Å². The normalized spacial score (nSPS) is 17.4. The van der Waals surface area contributed by atoms with E-state index in [4.69, 9.17) is 26.3 Å². The van der Waals surface area contributed by atoms with Crippen LogP contribution in [0.25, 0.3) is 0 Å². The first kappa shape index (κ1) is 17.1. The summed E-state index contributed by atoms with van der Waals surface area (Å²) in [6.45, 7) is 1.34. The summed E-state index contributed by atoms with van der Waals surface area (Å²) in [5.41, 5.74) is 0.469. The van der Waals surface area contributed by atoms with Gasteiger partial charge in [0.1, 0.15) is 17.4 Å². The van der Waals surface area contributed by atoms with Gasteiger partial charge in [-0.1, -0.05) is 11.6 Å². The van der Waals surface area contributed by atoms with Gasteiger partial charge in [0.2, 0.25) is 0 Å². The molecule has 6 nitrogen and oxygen atoms in total. The molecule has 1 heterocycles. The fourth-order valence-corrected chi connectivity index (χ4v) is 2.45. The summed E-state index contributed by atoms with van der Waals surface area (Å²) in [5, 5.41) is 15.1. The van der Waals surface area contributed by atoms with E-state index in [1.54, 1.807) is 18.2 Å². The Morgan fingerprint density at radius 2 is 2.43 bits per heavy atom. The molecule has 0 aliphatic carbocycles. The summed E-state index contributed by atoms with van der Waals surface area (Å²) in [7, 11) is 1.51. The van der Waals surface area contributed by atoms with Crippen molar-refractivity contribution in [2.24, 2.45) is 0 Å². The first-order chi connectivity index (χ1) is 11.1. The molecule has 0 spiro atoms. The molecule has 7 heteroatoms. The van der Waals surface area contributed by atoms with Crippen molar-refractivity contribution in [1.82, 2.24) is 5.32 Å². The van der Waals surface area contributed by atoms with Gasteiger partial charge in [0.15, 0.2) is 0 Å². The van der Waals surface area contributed by atoms with Crippen LogP contribution in [-0.2, 0) is 9.53 Å². The molecule has 1 aromatic rings. The van der Waals surface area contributed by atoms with Gasteiger partial charge >= 0.3 is 0 Å². The van der Waals surface area contributed by atoms with Crippen molar-refractivity contribution in [3.8, 4) is 11.8 Å². The van der Waals surface area contributed by atoms with Crippen LogP contribution in [0.4, 0.5) is 5.69 Å². The number of ether oxygens (including phenoxy) is 2. The predicted molar refractivity (Wildman–Crippen MR) is 87.3 cm³/mol. The maximum Gasteiger partial charge on any atom is 0.267 e. The highest BCUT2D eigenvalue weighted by molar-refractivity contribution is 6.32. The molecular formula is C16H18ClN3O3. The van der Waals surface area contributed by atoms with Crippen molar-refractivity contribution in [2.45, 2.75) is 18.9 Å². The molecule has 0 bridgehead atoms. The van der Waals surface area contributed by atoms with Crippen molar-refractivity contribution in [2.75, 3.05) is 25.6 Å². The van der Waals surface area contributed by atoms with Gasteiger partial charge in [0, 0.05) is 25.0 Å². The van der Waals surface area contributed by atoms with E-state index < -0.39 is 5.91 Å². The highest BCUT2D eigenvalue weighted by Gasteiger charge is 2.15. The van der Waals surface area contributed by atoms with E-state index in [2.05, 4.69) is 10.6 Å². The Morgan fingerprint density at radius 1 is 1.61 bits per heavy atom. The third-order valence-electron chi connectivity index (χ3n) is 3.39. The number of nitriles is 1. The molecule has 1 fully saturated rings. The largest absolute Gasteiger partial charge is 0.495 e. The molecule has 1 amide bonds. The number of anilines is 1. The first-order valence-electron chi connectivity index (χ1n) is 7.24. The number of methoxy groups -OCH3 is 1. The van der Waals surface area contributed by atoms with Crippen molar-refractivity contribution in [3.05, 3.63) is 35.0 Å². The maximum atomic E-state index is 12.1. The molecule has 1 unspecified atom stereocenters. The predicted octanol–water partition coefficient (Wildman–Crippen LogP) is 2.46. The molecule has 1 aliphatic rings. The summed E-state index contributed by atoms with van der Waals surface area (Å²) < 4.78 is 10.5. The molecule has 23 heavy (non-hydrogen) atoms. The number of amides is 1. The van der Waals surface area contributed by atoms with Gasteiger partial charge in [0.25, 0.3) is 5.91 Å². The number of rotatable bonds is 6. The number of hydrogen-bond donors (Lipinski definition) is 2. The zero-order valence-electron chi connectivity index (χ0n) is 12.8. The highest BCUT2D eigenvalue weighted by atomic mass is 35.5. The first-order valence-corrected chi connectivity index (χ1v) is 7.62. The second-order valence-electron chi connectivity index (χ2n) is 5.02. The summed E-state index contributed by atoms with van der Waals surface area (Å²) in [6, 6.07) is 6.73. The Balaban J connectivity index is 1.93. The monoisotopic (exact) mass is 335 g/mol. The average molecular weight is 336 g/mol. The van der Waals surface area contributed by atoms with Crippen LogP contribution in [0.2, 0.25) is 5.02 Å². The van der Waals surface area contributed by atoms with Crippen molar-refractivity contribution in [3.63, 3.8) is 0 Å². The van der Waals surface area contributed by atoms with Crippen LogP contribution < -0.4 is 15.4 Å². The minimum atomic E-state index is -0.506.